The zero-order valence-corrected chi connectivity index (χ0v) is 32.2. The normalized spacial score (nSPS) is 19.5. The largest absolute Gasteiger partial charge is 0.482 e. The van der Waals surface area contributed by atoms with Gasteiger partial charge in [0, 0.05) is 18.2 Å². The van der Waals surface area contributed by atoms with Gasteiger partial charge in [-0.1, -0.05) is 107 Å². The number of alkyl halides is 2. The van der Waals surface area contributed by atoms with Crippen LogP contribution in [0.3, 0.4) is 0 Å². The number of carbonyl (C=O) groups excluding carboxylic acids is 1. The lowest BCUT2D eigenvalue weighted by atomic mass is 9.81. The van der Waals surface area contributed by atoms with E-state index in [0.29, 0.717) is 32.4 Å². The van der Waals surface area contributed by atoms with Gasteiger partial charge in [0.25, 0.3) is 0 Å². The summed E-state index contributed by atoms with van der Waals surface area (Å²) in [6.07, 6.45) is -1.93. The van der Waals surface area contributed by atoms with Crippen molar-refractivity contribution in [2.45, 2.75) is 96.9 Å². The fraction of sp³-hybridized carbons (Fsp3) is 0.512. The minimum atomic E-state index is -2.70. The zero-order chi connectivity index (χ0) is 38.5. The monoisotopic (exact) mass is 743 g/mol. The van der Waals surface area contributed by atoms with E-state index < -0.39 is 23.7 Å². The van der Waals surface area contributed by atoms with Gasteiger partial charge in [-0.05, 0) is 92.3 Å². The molecule has 0 spiro atoms. The third-order valence-electron chi connectivity index (χ3n) is 9.17. The molecule has 4 atom stereocenters. The summed E-state index contributed by atoms with van der Waals surface area (Å²) in [5.74, 6) is 0.350. The maximum atomic E-state index is 12.3. The molecule has 8 nitrogen and oxygen atoms in total. The van der Waals surface area contributed by atoms with Crippen LogP contribution in [-0.2, 0) is 9.47 Å². The Morgan fingerprint density at radius 1 is 0.904 bits per heavy atom. The first-order valence-corrected chi connectivity index (χ1v) is 18.9. The van der Waals surface area contributed by atoms with E-state index in [0.717, 1.165) is 28.8 Å². The van der Waals surface area contributed by atoms with E-state index in [4.69, 9.17) is 15.2 Å². The lowest BCUT2D eigenvalue weighted by molar-refractivity contribution is -0.0149. The van der Waals surface area contributed by atoms with Crippen LogP contribution >= 0.6 is 12.2 Å². The molecule has 3 aromatic carbocycles. The van der Waals surface area contributed by atoms with Crippen molar-refractivity contribution in [1.82, 2.24) is 4.90 Å². The number of thiocarbonyl (C=S) groups is 1. The third-order valence-corrected chi connectivity index (χ3v) is 9.46. The number of aliphatic hydroxyl groups is 2. The molecule has 288 valence electrons. The number of amides is 1. The molecule has 5 rings (SSSR count). The SMILES string of the molecule is CC.CCN(CC)CC.FC(F)C(=S)OCCC(c1ccccc1)c1ccccc1.NC[C@H]1CN(c2ccc(C3CCC(O)[C@@H](O)C3)cc2)C(=O)O1. The van der Waals surface area contributed by atoms with Gasteiger partial charge in [-0.3, -0.25) is 4.90 Å². The molecule has 1 saturated carbocycles. The summed E-state index contributed by atoms with van der Waals surface area (Å²) >= 11 is 4.49. The average Bonchev–Trinajstić information content (AvgIpc) is 3.57. The molecule has 1 amide bonds. The van der Waals surface area contributed by atoms with Gasteiger partial charge < -0.3 is 30.3 Å². The highest BCUT2D eigenvalue weighted by Gasteiger charge is 2.32. The van der Waals surface area contributed by atoms with Gasteiger partial charge in [-0.2, -0.15) is 0 Å². The van der Waals surface area contributed by atoms with E-state index in [2.05, 4.69) is 37.9 Å². The van der Waals surface area contributed by atoms with Gasteiger partial charge in [0.2, 0.25) is 5.05 Å². The Labute approximate surface area is 314 Å². The highest BCUT2D eigenvalue weighted by atomic mass is 32.1. The van der Waals surface area contributed by atoms with Crippen LogP contribution in [0.2, 0.25) is 0 Å². The van der Waals surface area contributed by atoms with Crippen molar-refractivity contribution in [1.29, 1.82) is 0 Å². The van der Waals surface area contributed by atoms with Crippen molar-refractivity contribution >= 4 is 29.0 Å². The van der Waals surface area contributed by atoms with Crippen LogP contribution in [-0.4, -0.2) is 90.3 Å². The molecular formula is C41H59F2N3O5S. The van der Waals surface area contributed by atoms with Crippen LogP contribution in [0.5, 0.6) is 0 Å². The van der Waals surface area contributed by atoms with Crippen LogP contribution in [0, 0.1) is 0 Å². The Morgan fingerprint density at radius 2 is 1.44 bits per heavy atom. The van der Waals surface area contributed by atoms with Gasteiger partial charge in [0.05, 0.1) is 25.4 Å². The average molecular weight is 744 g/mol. The summed E-state index contributed by atoms with van der Waals surface area (Å²) in [6, 6.07) is 27.7. The number of halogens is 2. The van der Waals surface area contributed by atoms with Gasteiger partial charge in [0.1, 0.15) is 6.10 Å². The van der Waals surface area contributed by atoms with E-state index in [1.165, 1.54) is 19.6 Å². The minimum absolute atomic E-state index is 0.105. The predicted molar refractivity (Wildman–Crippen MR) is 210 cm³/mol. The maximum absolute atomic E-state index is 12.3. The highest BCUT2D eigenvalue weighted by Crippen LogP contribution is 2.34. The topological polar surface area (TPSA) is 108 Å². The second-order valence-corrected chi connectivity index (χ2v) is 12.7. The van der Waals surface area contributed by atoms with E-state index in [1.54, 1.807) is 4.90 Å². The molecule has 1 heterocycles. The first-order chi connectivity index (χ1) is 25.1. The van der Waals surface area contributed by atoms with Crippen molar-refractivity contribution in [2.75, 3.05) is 44.2 Å². The van der Waals surface area contributed by atoms with Crippen molar-refractivity contribution < 1.29 is 33.3 Å². The summed E-state index contributed by atoms with van der Waals surface area (Å²) in [6.45, 7) is 15.1. The number of carbonyl (C=O) groups is 1. The summed E-state index contributed by atoms with van der Waals surface area (Å²) in [4.78, 5) is 15.8. The molecule has 2 fully saturated rings. The van der Waals surface area contributed by atoms with Gasteiger partial charge in [-0.25, -0.2) is 13.6 Å². The number of nitrogens with two attached hydrogens (primary N) is 1. The molecule has 3 aromatic rings. The zero-order valence-electron chi connectivity index (χ0n) is 31.4. The Kier molecular flexibility index (Phi) is 21.2. The molecule has 52 heavy (non-hydrogen) atoms. The minimum Gasteiger partial charge on any atom is -0.482 e. The molecule has 2 aliphatic rings. The van der Waals surface area contributed by atoms with Crippen LogP contribution in [0.4, 0.5) is 19.3 Å². The summed E-state index contributed by atoms with van der Waals surface area (Å²) in [5, 5.41) is 18.8. The molecule has 0 radical (unpaired) electrons. The predicted octanol–water partition coefficient (Wildman–Crippen LogP) is 8.15. The summed E-state index contributed by atoms with van der Waals surface area (Å²) < 4.78 is 34.8. The number of hydrogen-bond acceptors (Lipinski definition) is 8. The second kappa shape index (κ2) is 24.7. The van der Waals surface area contributed by atoms with Crippen LogP contribution in [0.1, 0.15) is 88.8 Å². The van der Waals surface area contributed by atoms with E-state index in [1.807, 2.05) is 98.8 Å². The Balaban J connectivity index is 0.000000294. The number of ether oxygens (including phenoxy) is 2. The lowest BCUT2D eigenvalue weighted by Gasteiger charge is -2.30. The van der Waals surface area contributed by atoms with Crippen molar-refractivity contribution in [3.8, 4) is 0 Å². The Morgan fingerprint density at radius 3 is 1.87 bits per heavy atom. The first kappa shape index (κ1) is 44.7. The molecule has 11 heteroatoms. The van der Waals surface area contributed by atoms with Crippen LogP contribution in [0.25, 0.3) is 0 Å². The quantitative estimate of drug-likeness (QED) is 0.160. The van der Waals surface area contributed by atoms with Gasteiger partial charge >= 0.3 is 12.5 Å². The second-order valence-electron chi connectivity index (χ2n) is 12.3. The molecule has 4 N–H and O–H groups in total. The number of aliphatic hydroxyl groups excluding tert-OH is 2. The fourth-order valence-electron chi connectivity index (χ4n) is 6.12. The van der Waals surface area contributed by atoms with Crippen molar-refractivity contribution in [3.63, 3.8) is 0 Å². The maximum Gasteiger partial charge on any atom is 0.414 e. The Hall–Kier alpha value is -3.48. The molecule has 1 saturated heterocycles. The van der Waals surface area contributed by atoms with E-state index in [9.17, 15) is 23.8 Å². The molecule has 1 aliphatic carbocycles. The number of nitrogens with zero attached hydrogens (tertiary/aromatic N) is 2. The molecule has 1 aliphatic heterocycles. The number of hydrogen-bond donors (Lipinski definition) is 3. The van der Waals surface area contributed by atoms with Gasteiger partial charge in [0.15, 0.2) is 0 Å². The Bertz CT molecular complexity index is 1360. The summed E-state index contributed by atoms with van der Waals surface area (Å²) in [5.41, 5.74) is 9.72. The van der Waals surface area contributed by atoms with E-state index >= 15 is 0 Å². The standard InChI is InChI=1S/C17H16F2OS.C16H22N2O4.C6H15N.C2H6/c18-16(19)17(21)20-12-11-15(13-7-3-1-4-8-13)14-9-5-2-6-10-14;17-8-13-9-18(16(21)22-13)12-4-1-10(2-5-12)11-3-6-14(19)15(20)7-11;1-4-7(5-2)6-3;1-2/h1-10,15-16H,11-12H2;1-2,4-5,11,13-15,19-20H,3,6-9,17H2;4-6H2,1-3H3;1-2H3/t;11?,13-,14?,15-;;/m.0../s1. The van der Waals surface area contributed by atoms with Gasteiger partial charge in [-0.15, -0.1) is 0 Å². The smallest absolute Gasteiger partial charge is 0.414 e. The first-order valence-electron chi connectivity index (χ1n) is 18.5. The third kappa shape index (κ3) is 14.5. The molecular weight excluding hydrogens is 685 g/mol. The lowest BCUT2D eigenvalue weighted by Crippen LogP contribution is -2.32. The molecule has 0 aromatic heterocycles. The van der Waals surface area contributed by atoms with Crippen molar-refractivity contribution in [2.24, 2.45) is 5.73 Å². The summed E-state index contributed by atoms with van der Waals surface area (Å²) in [7, 11) is 0. The number of anilines is 1. The molecule has 2 unspecified atom stereocenters. The number of cyclic esters (lactones) is 1. The molecule has 0 bridgehead atoms. The van der Waals surface area contributed by atoms with Crippen molar-refractivity contribution in [3.05, 3.63) is 102 Å². The number of rotatable bonds is 12. The number of benzene rings is 3. The van der Waals surface area contributed by atoms with E-state index in [-0.39, 0.29) is 30.6 Å². The highest BCUT2D eigenvalue weighted by molar-refractivity contribution is 7.80. The van der Waals surface area contributed by atoms with Crippen LogP contribution < -0.4 is 10.6 Å². The fourth-order valence-corrected chi connectivity index (χ4v) is 6.21. The van der Waals surface area contributed by atoms with Crippen LogP contribution in [0.15, 0.2) is 84.9 Å².